The third-order valence-corrected chi connectivity index (χ3v) is 8.09. The van der Waals surface area contributed by atoms with Crippen LogP contribution in [0.25, 0.3) is 16.9 Å². The van der Waals surface area contributed by atoms with Crippen molar-refractivity contribution in [2.24, 2.45) is 17.3 Å². The van der Waals surface area contributed by atoms with Gasteiger partial charge in [-0.05, 0) is 92.2 Å². The quantitative estimate of drug-likeness (QED) is 0.544. The molecular formula is C28H30FN3O2. The number of halogens is 1. The minimum Gasteiger partial charge on any atom is -0.390 e. The second-order valence-electron chi connectivity index (χ2n) is 10.9. The van der Waals surface area contributed by atoms with E-state index in [4.69, 9.17) is 5.10 Å². The summed E-state index contributed by atoms with van der Waals surface area (Å²) in [5.74, 6) is 0.864. The van der Waals surface area contributed by atoms with Crippen LogP contribution in [0.5, 0.6) is 0 Å². The Morgan fingerprint density at radius 1 is 1.06 bits per heavy atom. The fraction of sp³-hybridized carbons (Fsp3) is 0.429. The van der Waals surface area contributed by atoms with Gasteiger partial charge >= 0.3 is 0 Å². The predicted octanol–water partition coefficient (Wildman–Crippen LogP) is 5.02. The lowest BCUT2D eigenvalue weighted by atomic mass is 9.47. The lowest BCUT2D eigenvalue weighted by Crippen LogP contribution is -2.56. The van der Waals surface area contributed by atoms with Crippen LogP contribution in [0.3, 0.4) is 0 Å². The number of rotatable bonds is 6. The van der Waals surface area contributed by atoms with Crippen molar-refractivity contribution in [3.05, 3.63) is 72.2 Å². The molecule has 4 fully saturated rings. The van der Waals surface area contributed by atoms with Crippen molar-refractivity contribution in [3.63, 3.8) is 0 Å². The fourth-order valence-corrected chi connectivity index (χ4v) is 7.31. The van der Waals surface area contributed by atoms with Gasteiger partial charge in [0.05, 0.1) is 17.0 Å². The molecule has 4 saturated carbocycles. The number of para-hydroxylation sites is 1. The molecule has 2 atom stereocenters. The van der Waals surface area contributed by atoms with Crippen molar-refractivity contribution < 1.29 is 14.3 Å². The van der Waals surface area contributed by atoms with E-state index >= 15 is 0 Å². The Bertz CT molecular complexity index is 1190. The fourth-order valence-electron chi connectivity index (χ4n) is 7.31. The number of hydrogen-bond donors (Lipinski definition) is 2. The number of nitrogens with one attached hydrogen (secondary N) is 1. The SMILES string of the molecule is O=C(CC12CC3CC(CC(O)(C3)C1)C2)NCc1cn(-c2ccccc2)nc1-c1ccc(F)cc1. The topological polar surface area (TPSA) is 67.2 Å². The molecule has 5 nitrogen and oxygen atoms in total. The van der Waals surface area contributed by atoms with Crippen LogP contribution in [0.2, 0.25) is 0 Å². The van der Waals surface area contributed by atoms with Gasteiger partial charge in [0.25, 0.3) is 0 Å². The summed E-state index contributed by atoms with van der Waals surface area (Å²) in [5, 5.41) is 18.9. The van der Waals surface area contributed by atoms with E-state index in [1.54, 1.807) is 16.8 Å². The van der Waals surface area contributed by atoms with E-state index in [9.17, 15) is 14.3 Å². The van der Waals surface area contributed by atoms with Gasteiger partial charge in [0, 0.05) is 30.3 Å². The molecule has 0 aliphatic heterocycles. The molecule has 1 amide bonds. The summed E-state index contributed by atoms with van der Waals surface area (Å²) < 4.78 is 15.3. The summed E-state index contributed by atoms with van der Waals surface area (Å²) >= 11 is 0. The first-order chi connectivity index (χ1) is 16.4. The Balaban J connectivity index is 1.21. The minimum absolute atomic E-state index is 0.0306. The number of aliphatic hydroxyl groups is 1. The normalized spacial score (nSPS) is 29.4. The Kier molecular flexibility index (Phi) is 5.10. The third kappa shape index (κ3) is 4.05. The Labute approximate surface area is 199 Å². The summed E-state index contributed by atoms with van der Waals surface area (Å²) in [6.07, 6.45) is 8.32. The van der Waals surface area contributed by atoms with Crippen LogP contribution in [-0.2, 0) is 11.3 Å². The number of amides is 1. The van der Waals surface area contributed by atoms with Crippen molar-refractivity contribution in [1.29, 1.82) is 0 Å². The van der Waals surface area contributed by atoms with Crippen LogP contribution >= 0.6 is 0 Å². The average molecular weight is 460 g/mol. The molecule has 1 aromatic heterocycles. The van der Waals surface area contributed by atoms with E-state index in [2.05, 4.69) is 5.32 Å². The molecule has 176 valence electrons. The second kappa shape index (κ2) is 8.05. The van der Waals surface area contributed by atoms with Crippen LogP contribution in [0.1, 0.15) is 50.5 Å². The first kappa shape index (κ1) is 21.5. The predicted molar refractivity (Wildman–Crippen MR) is 127 cm³/mol. The molecule has 0 radical (unpaired) electrons. The van der Waals surface area contributed by atoms with Crippen molar-refractivity contribution in [2.75, 3.05) is 0 Å². The van der Waals surface area contributed by atoms with Gasteiger partial charge < -0.3 is 10.4 Å². The van der Waals surface area contributed by atoms with Gasteiger partial charge in [-0.25, -0.2) is 9.07 Å². The zero-order valence-corrected chi connectivity index (χ0v) is 19.2. The van der Waals surface area contributed by atoms with E-state index in [-0.39, 0.29) is 17.1 Å². The molecule has 0 saturated heterocycles. The van der Waals surface area contributed by atoms with E-state index in [1.165, 1.54) is 18.6 Å². The highest BCUT2D eigenvalue weighted by atomic mass is 19.1. The number of nitrogens with zero attached hydrogens (tertiary/aromatic N) is 2. The molecular weight excluding hydrogens is 429 g/mol. The minimum atomic E-state index is -0.559. The van der Waals surface area contributed by atoms with Gasteiger partial charge in [0.15, 0.2) is 0 Å². The molecule has 2 unspecified atom stereocenters. The number of carbonyl (C=O) groups is 1. The highest BCUT2D eigenvalue weighted by molar-refractivity contribution is 5.77. The van der Waals surface area contributed by atoms with Crippen molar-refractivity contribution in [2.45, 2.75) is 57.1 Å². The molecule has 4 bridgehead atoms. The second-order valence-corrected chi connectivity index (χ2v) is 10.9. The molecule has 0 spiro atoms. The molecule has 1 heterocycles. The maximum absolute atomic E-state index is 13.5. The monoisotopic (exact) mass is 459 g/mol. The Morgan fingerprint density at radius 2 is 1.76 bits per heavy atom. The summed E-state index contributed by atoms with van der Waals surface area (Å²) in [6.45, 7) is 0.353. The summed E-state index contributed by atoms with van der Waals surface area (Å²) in [4.78, 5) is 13.1. The van der Waals surface area contributed by atoms with Crippen molar-refractivity contribution >= 4 is 5.91 Å². The van der Waals surface area contributed by atoms with Gasteiger partial charge in [0.1, 0.15) is 5.82 Å². The van der Waals surface area contributed by atoms with Crippen LogP contribution in [0.4, 0.5) is 4.39 Å². The van der Waals surface area contributed by atoms with Gasteiger partial charge in [-0.15, -0.1) is 0 Å². The highest BCUT2D eigenvalue weighted by Crippen LogP contribution is 2.62. The van der Waals surface area contributed by atoms with Crippen molar-refractivity contribution in [1.82, 2.24) is 15.1 Å². The number of benzene rings is 2. The maximum Gasteiger partial charge on any atom is 0.220 e. The zero-order chi connectivity index (χ0) is 23.3. The van der Waals surface area contributed by atoms with Crippen LogP contribution in [0.15, 0.2) is 60.8 Å². The summed E-state index contributed by atoms with van der Waals surface area (Å²) in [5.41, 5.74) is 2.73. The molecule has 4 aliphatic rings. The lowest BCUT2D eigenvalue weighted by Gasteiger charge is -2.60. The molecule has 6 heteroatoms. The van der Waals surface area contributed by atoms with Gasteiger partial charge in [0.2, 0.25) is 5.91 Å². The number of aromatic nitrogens is 2. The molecule has 2 N–H and O–H groups in total. The number of hydrogen-bond acceptors (Lipinski definition) is 3. The van der Waals surface area contributed by atoms with Gasteiger partial charge in [-0.3, -0.25) is 4.79 Å². The van der Waals surface area contributed by atoms with Gasteiger partial charge in [-0.1, -0.05) is 18.2 Å². The lowest BCUT2D eigenvalue weighted by molar-refractivity contribution is -0.169. The zero-order valence-electron chi connectivity index (χ0n) is 19.2. The van der Waals surface area contributed by atoms with Crippen molar-refractivity contribution in [3.8, 4) is 16.9 Å². The third-order valence-electron chi connectivity index (χ3n) is 8.09. The van der Waals surface area contributed by atoms with Crippen LogP contribution in [0, 0.1) is 23.1 Å². The first-order valence-corrected chi connectivity index (χ1v) is 12.3. The van der Waals surface area contributed by atoms with Gasteiger partial charge in [-0.2, -0.15) is 5.10 Å². The standard InChI is InChI=1S/C28H30FN3O2/c29-23-8-6-21(7-9-23)26-22(17-32(31-26)24-4-2-1-3-5-24)16-30-25(33)15-27-11-19-10-20(12-27)14-28(34,13-19)18-27/h1-9,17,19-20,34H,10-16,18H2,(H,30,33). The smallest absolute Gasteiger partial charge is 0.220 e. The first-order valence-electron chi connectivity index (χ1n) is 12.3. The maximum atomic E-state index is 13.5. The summed E-state index contributed by atoms with van der Waals surface area (Å²) in [6, 6.07) is 16.1. The Morgan fingerprint density at radius 3 is 2.44 bits per heavy atom. The molecule has 34 heavy (non-hydrogen) atoms. The molecule has 7 rings (SSSR count). The van der Waals surface area contributed by atoms with E-state index in [0.29, 0.717) is 24.8 Å². The largest absolute Gasteiger partial charge is 0.390 e. The molecule has 2 aromatic carbocycles. The van der Waals surface area contributed by atoms with Crippen LogP contribution in [-0.4, -0.2) is 26.4 Å². The van der Waals surface area contributed by atoms with E-state index < -0.39 is 5.60 Å². The van der Waals surface area contributed by atoms with Crippen LogP contribution < -0.4 is 5.32 Å². The molecule has 3 aromatic rings. The highest BCUT2D eigenvalue weighted by Gasteiger charge is 2.57. The molecule has 4 aliphatic carbocycles. The Hall–Kier alpha value is -2.99. The number of carbonyl (C=O) groups excluding carboxylic acids is 1. The van der Waals surface area contributed by atoms with E-state index in [1.807, 2.05) is 36.5 Å². The van der Waals surface area contributed by atoms with E-state index in [0.717, 1.165) is 54.6 Å². The summed E-state index contributed by atoms with van der Waals surface area (Å²) in [7, 11) is 0. The average Bonchev–Trinajstić information content (AvgIpc) is 3.21.